The molecule has 0 bridgehead atoms. The lowest BCUT2D eigenvalue weighted by Gasteiger charge is -2.36. The lowest BCUT2D eigenvalue weighted by molar-refractivity contribution is -0.120. The predicted octanol–water partition coefficient (Wildman–Crippen LogP) is 6.45. The molecule has 0 saturated carbocycles. The van der Waals surface area contributed by atoms with E-state index in [0.717, 1.165) is 26.2 Å². The number of hydrogen-bond donors (Lipinski definition) is 0. The summed E-state index contributed by atoms with van der Waals surface area (Å²) in [5.74, 6) is -0.884. The Kier molecular flexibility index (Phi) is 6.59. The normalized spacial score (nSPS) is 14.0. The van der Waals surface area contributed by atoms with Gasteiger partial charge in [0.2, 0.25) is 0 Å². The van der Waals surface area contributed by atoms with Gasteiger partial charge in [-0.2, -0.15) is 0 Å². The van der Waals surface area contributed by atoms with Gasteiger partial charge >= 0.3 is 0 Å². The van der Waals surface area contributed by atoms with Crippen molar-refractivity contribution < 1.29 is 9.59 Å². The van der Waals surface area contributed by atoms with Crippen molar-refractivity contribution in [2.24, 2.45) is 0 Å². The van der Waals surface area contributed by atoms with Crippen LogP contribution >= 0.6 is 34.8 Å². The molecule has 1 fully saturated rings. The minimum atomic E-state index is -0.442. The number of rotatable bonds is 4. The molecule has 36 heavy (non-hydrogen) atoms. The van der Waals surface area contributed by atoms with Gasteiger partial charge < -0.3 is 4.57 Å². The van der Waals surface area contributed by atoms with E-state index in [0.29, 0.717) is 11.4 Å². The van der Waals surface area contributed by atoms with Crippen molar-refractivity contribution in [1.29, 1.82) is 0 Å². The van der Waals surface area contributed by atoms with Gasteiger partial charge in [-0.15, -0.1) is 0 Å². The highest BCUT2D eigenvalue weighted by molar-refractivity contribution is 14.1. The quantitative estimate of drug-likeness (QED) is 0.117. The summed E-state index contributed by atoms with van der Waals surface area (Å²) in [5, 5.41) is 0.129. The van der Waals surface area contributed by atoms with Crippen LogP contribution in [0.15, 0.2) is 96.6 Å². The molecule has 5 rings (SSSR count). The molecular formula is C29H22IN3O2S. The van der Waals surface area contributed by atoms with E-state index in [1.54, 1.807) is 6.08 Å². The van der Waals surface area contributed by atoms with Crippen LogP contribution in [0.4, 0.5) is 11.4 Å². The van der Waals surface area contributed by atoms with Gasteiger partial charge in [0.05, 0.1) is 11.4 Å². The van der Waals surface area contributed by atoms with E-state index in [2.05, 4.69) is 51.4 Å². The SMILES string of the molecule is Cc1cc(C=C2C(=O)N(c3ccccc3)C(=S)N(c3ccccc3)C2=O)c(C)n1-c1ccc(I)cc1. The molecule has 2 heterocycles. The Hall–Kier alpha value is -3.56. The van der Waals surface area contributed by atoms with E-state index < -0.39 is 11.8 Å². The predicted molar refractivity (Wildman–Crippen MR) is 156 cm³/mol. The summed E-state index contributed by atoms with van der Waals surface area (Å²) in [7, 11) is 0. The van der Waals surface area contributed by atoms with Crippen molar-refractivity contribution in [2.45, 2.75) is 13.8 Å². The Morgan fingerprint density at radius 1 is 0.722 bits per heavy atom. The van der Waals surface area contributed by atoms with Crippen LogP contribution in [0.25, 0.3) is 11.8 Å². The summed E-state index contributed by atoms with van der Waals surface area (Å²) >= 11 is 7.97. The first kappa shape index (κ1) is 24.1. The molecule has 4 aromatic rings. The molecule has 1 aliphatic heterocycles. The molecule has 0 unspecified atom stereocenters. The van der Waals surface area contributed by atoms with Crippen molar-refractivity contribution in [3.63, 3.8) is 0 Å². The molecule has 1 aliphatic rings. The molecule has 5 nitrogen and oxygen atoms in total. The maximum Gasteiger partial charge on any atom is 0.270 e. The van der Waals surface area contributed by atoms with Crippen LogP contribution in [-0.4, -0.2) is 21.5 Å². The van der Waals surface area contributed by atoms with Crippen molar-refractivity contribution in [3.8, 4) is 5.69 Å². The van der Waals surface area contributed by atoms with Crippen molar-refractivity contribution in [3.05, 3.63) is 117 Å². The number of para-hydroxylation sites is 2. The largest absolute Gasteiger partial charge is 0.318 e. The van der Waals surface area contributed by atoms with Crippen LogP contribution in [0.2, 0.25) is 0 Å². The Morgan fingerprint density at radius 2 is 1.22 bits per heavy atom. The molecule has 0 atom stereocenters. The third-order valence-electron chi connectivity index (χ3n) is 6.13. The minimum absolute atomic E-state index is 0.0548. The number of anilines is 2. The summed E-state index contributed by atoms with van der Waals surface area (Å²) < 4.78 is 3.27. The highest BCUT2D eigenvalue weighted by Gasteiger charge is 2.41. The fourth-order valence-electron chi connectivity index (χ4n) is 4.42. The number of thiocarbonyl (C=S) groups is 1. The Labute approximate surface area is 228 Å². The van der Waals surface area contributed by atoms with Crippen LogP contribution in [0.5, 0.6) is 0 Å². The van der Waals surface area contributed by atoms with Gasteiger partial charge in [0.15, 0.2) is 5.11 Å². The fourth-order valence-corrected chi connectivity index (χ4v) is 5.15. The van der Waals surface area contributed by atoms with E-state index in [-0.39, 0.29) is 10.7 Å². The molecule has 0 spiro atoms. The van der Waals surface area contributed by atoms with E-state index in [4.69, 9.17) is 12.2 Å². The van der Waals surface area contributed by atoms with Gasteiger partial charge in [0, 0.05) is 20.6 Å². The summed E-state index contributed by atoms with van der Waals surface area (Å²) in [4.78, 5) is 30.4. The third kappa shape index (κ3) is 4.29. The summed E-state index contributed by atoms with van der Waals surface area (Å²) in [6.07, 6.45) is 1.68. The van der Waals surface area contributed by atoms with Gasteiger partial charge in [-0.05, 0) is 115 Å². The second-order valence-corrected chi connectivity index (χ2v) is 10.0. The Balaban J connectivity index is 1.65. The average Bonchev–Trinajstić information content (AvgIpc) is 3.16. The average molecular weight is 603 g/mol. The van der Waals surface area contributed by atoms with Crippen molar-refractivity contribution in [1.82, 2.24) is 4.57 Å². The van der Waals surface area contributed by atoms with Crippen molar-refractivity contribution in [2.75, 3.05) is 9.80 Å². The van der Waals surface area contributed by atoms with Gasteiger partial charge in [-0.3, -0.25) is 19.4 Å². The van der Waals surface area contributed by atoms with E-state index >= 15 is 0 Å². The van der Waals surface area contributed by atoms with Crippen LogP contribution in [0.1, 0.15) is 17.0 Å². The number of carbonyl (C=O) groups excluding carboxylic acids is 2. The third-order valence-corrected chi connectivity index (χ3v) is 7.22. The molecule has 0 aliphatic carbocycles. The molecule has 0 radical (unpaired) electrons. The monoisotopic (exact) mass is 603 g/mol. The standard InChI is InChI=1S/C29H22IN3O2S/c1-19-17-21(20(2)31(19)25-15-13-22(30)14-16-25)18-26-27(34)32(23-9-5-3-6-10-23)29(36)33(28(26)35)24-11-7-4-8-12-24/h3-18H,1-2H3. The molecule has 0 N–H and O–H groups in total. The molecule has 1 aromatic heterocycles. The number of hydrogen-bond acceptors (Lipinski definition) is 3. The van der Waals surface area contributed by atoms with Crippen LogP contribution in [0.3, 0.4) is 0 Å². The zero-order chi connectivity index (χ0) is 25.4. The molecule has 7 heteroatoms. The second-order valence-electron chi connectivity index (χ2n) is 8.43. The minimum Gasteiger partial charge on any atom is -0.318 e. The number of carbonyl (C=O) groups is 2. The number of halogens is 1. The molecule has 178 valence electrons. The summed E-state index contributed by atoms with van der Waals surface area (Å²) in [6, 6.07) is 28.6. The lowest BCUT2D eigenvalue weighted by Crippen LogP contribution is -2.56. The number of aromatic nitrogens is 1. The Bertz CT molecular complexity index is 1450. The Morgan fingerprint density at radius 3 is 1.72 bits per heavy atom. The second kappa shape index (κ2) is 9.83. The van der Waals surface area contributed by atoms with E-state index in [9.17, 15) is 9.59 Å². The highest BCUT2D eigenvalue weighted by Crippen LogP contribution is 2.31. The maximum absolute atomic E-state index is 13.8. The molecule has 1 saturated heterocycles. The first-order chi connectivity index (χ1) is 17.4. The molecule has 3 aromatic carbocycles. The molecule has 2 amide bonds. The zero-order valence-corrected chi connectivity index (χ0v) is 22.7. The molecular weight excluding hydrogens is 581 g/mol. The van der Waals surface area contributed by atoms with Crippen LogP contribution < -0.4 is 9.80 Å². The lowest BCUT2D eigenvalue weighted by atomic mass is 10.1. The van der Waals surface area contributed by atoms with E-state index in [1.165, 1.54) is 9.80 Å². The highest BCUT2D eigenvalue weighted by atomic mass is 127. The van der Waals surface area contributed by atoms with Gasteiger partial charge in [-0.25, -0.2) is 0 Å². The van der Waals surface area contributed by atoms with Crippen molar-refractivity contribution >= 4 is 69.2 Å². The van der Waals surface area contributed by atoms with Crippen LogP contribution in [0, 0.1) is 17.4 Å². The fraction of sp³-hybridized carbons (Fsp3) is 0.0690. The number of nitrogens with zero attached hydrogens (tertiary/aromatic N) is 3. The number of benzene rings is 3. The maximum atomic E-state index is 13.8. The van der Waals surface area contributed by atoms with Crippen LogP contribution in [-0.2, 0) is 9.59 Å². The van der Waals surface area contributed by atoms with Gasteiger partial charge in [-0.1, -0.05) is 36.4 Å². The smallest absolute Gasteiger partial charge is 0.270 e. The van der Waals surface area contributed by atoms with E-state index in [1.807, 2.05) is 80.6 Å². The topological polar surface area (TPSA) is 45.6 Å². The summed E-state index contributed by atoms with van der Waals surface area (Å²) in [5.41, 5.74) is 5.04. The summed E-state index contributed by atoms with van der Waals surface area (Å²) in [6.45, 7) is 4.00. The van der Waals surface area contributed by atoms with Gasteiger partial charge in [0.1, 0.15) is 5.57 Å². The van der Waals surface area contributed by atoms with Gasteiger partial charge in [0.25, 0.3) is 11.8 Å². The first-order valence-electron chi connectivity index (χ1n) is 11.4. The zero-order valence-electron chi connectivity index (χ0n) is 19.7. The number of aryl methyl sites for hydroxylation is 1. The number of amides is 2. The first-order valence-corrected chi connectivity index (χ1v) is 12.8.